The second kappa shape index (κ2) is 3.57. The molecule has 0 bridgehead atoms. The summed E-state index contributed by atoms with van der Waals surface area (Å²) in [5.41, 5.74) is 0.946. The lowest BCUT2D eigenvalue weighted by molar-refractivity contribution is 1.17. The van der Waals surface area contributed by atoms with Crippen LogP contribution in [0.5, 0.6) is 0 Å². The molecule has 0 N–H and O–H groups in total. The van der Waals surface area contributed by atoms with Crippen LogP contribution in [0, 0.1) is 6.92 Å². The predicted molar refractivity (Wildman–Crippen MR) is 50.6 cm³/mol. The number of aromatic nitrogens is 1. The van der Waals surface area contributed by atoms with Gasteiger partial charge in [-0.15, -0.1) is 11.3 Å². The van der Waals surface area contributed by atoms with Crippen molar-refractivity contribution < 1.29 is 0 Å². The van der Waals surface area contributed by atoms with E-state index in [2.05, 4.69) is 11.6 Å². The van der Waals surface area contributed by atoms with Crippen LogP contribution in [0.3, 0.4) is 0 Å². The third-order valence-electron chi connectivity index (χ3n) is 1.22. The zero-order valence-corrected chi connectivity index (χ0v) is 8.35. The monoisotopic (exact) mass is 207 g/mol. The lowest BCUT2D eigenvalue weighted by Crippen LogP contribution is -1.82. The average Bonchev–Trinajstić information content (AvgIpc) is 2.09. The third kappa shape index (κ3) is 2.47. The molecule has 11 heavy (non-hydrogen) atoms. The van der Waals surface area contributed by atoms with Gasteiger partial charge in [0.25, 0.3) is 0 Å². The van der Waals surface area contributed by atoms with Crippen molar-refractivity contribution >= 4 is 34.5 Å². The number of thiazole rings is 1. The van der Waals surface area contributed by atoms with E-state index >= 15 is 0 Å². The topological polar surface area (TPSA) is 12.9 Å². The van der Waals surface area contributed by atoms with Gasteiger partial charge in [-0.05, 0) is 6.92 Å². The first-order chi connectivity index (χ1) is 5.09. The number of allylic oxidation sites excluding steroid dienone is 1. The largest absolute Gasteiger partial charge is 0.230 e. The minimum atomic E-state index is 0.565. The first kappa shape index (κ1) is 9.04. The van der Waals surface area contributed by atoms with Crippen LogP contribution in [0.2, 0.25) is 4.47 Å². The molecule has 0 aromatic carbocycles. The fraction of sp³-hybridized carbons (Fsp3) is 0.286. The van der Waals surface area contributed by atoms with Crippen LogP contribution in [0.1, 0.15) is 10.6 Å². The normalized spacial score (nSPS) is 10.1. The maximum atomic E-state index is 5.68. The summed E-state index contributed by atoms with van der Waals surface area (Å²) in [5, 5.41) is 0.619. The summed E-state index contributed by atoms with van der Waals surface area (Å²) in [6, 6.07) is 0. The summed E-state index contributed by atoms with van der Waals surface area (Å²) in [6.45, 7) is 5.52. The average molecular weight is 208 g/mol. The van der Waals surface area contributed by atoms with Gasteiger partial charge in [0.2, 0.25) is 0 Å². The van der Waals surface area contributed by atoms with Crippen LogP contribution in [0.15, 0.2) is 11.6 Å². The van der Waals surface area contributed by atoms with Gasteiger partial charge in [-0.3, -0.25) is 0 Å². The van der Waals surface area contributed by atoms with E-state index in [9.17, 15) is 0 Å². The summed E-state index contributed by atoms with van der Waals surface area (Å²) in [5.74, 6) is 0. The number of aryl methyl sites for hydroxylation is 1. The standard InChI is InChI=1S/C7H7Cl2NS/c1-4(8)3-6-5(2)10-7(9)11-6/h1,3H2,2H3. The second-order valence-corrected chi connectivity index (χ2v) is 4.37. The van der Waals surface area contributed by atoms with Crippen molar-refractivity contribution in [2.24, 2.45) is 0 Å². The van der Waals surface area contributed by atoms with E-state index < -0.39 is 0 Å². The van der Waals surface area contributed by atoms with Crippen molar-refractivity contribution in [3.63, 3.8) is 0 Å². The van der Waals surface area contributed by atoms with Crippen LogP contribution in [0.4, 0.5) is 0 Å². The molecule has 0 fully saturated rings. The number of nitrogens with zero attached hydrogens (tertiary/aromatic N) is 1. The summed E-state index contributed by atoms with van der Waals surface area (Å²) in [6.07, 6.45) is 0.664. The molecule has 0 saturated carbocycles. The van der Waals surface area contributed by atoms with E-state index in [0.717, 1.165) is 10.6 Å². The molecule has 0 saturated heterocycles. The minimum Gasteiger partial charge on any atom is -0.230 e. The lowest BCUT2D eigenvalue weighted by atomic mass is 10.3. The van der Waals surface area contributed by atoms with Gasteiger partial charge in [-0.2, -0.15) is 0 Å². The Morgan fingerprint density at radius 3 is 2.73 bits per heavy atom. The molecule has 0 unspecified atom stereocenters. The Labute approximate surface area is 79.7 Å². The van der Waals surface area contributed by atoms with Gasteiger partial charge in [0.05, 0.1) is 5.69 Å². The number of halogens is 2. The van der Waals surface area contributed by atoms with Gasteiger partial charge in [-0.25, -0.2) is 4.98 Å². The van der Waals surface area contributed by atoms with Gasteiger partial charge >= 0.3 is 0 Å². The van der Waals surface area contributed by atoms with Crippen molar-refractivity contribution in [3.8, 4) is 0 Å². The number of rotatable bonds is 2. The Balaban J connectivity index is 2.85. The van der Waals surface area contributed by atoms with Crippen LogP contribution in [-0.4, -0.2) is 4.98 Å². The SMILES string of the molecule is C=C(Cl)Cc1sc(Cl)nc1C. The Bertz CT molecular complexity index is 280. The van der Waals surface area contributed by atoms with Crippen LogP contribution >= 0.6 is 34.5 Å². The highest BCUT2D eigenvalue weighted by molar-refractivity contribution is 7.15. The molecule has 1 heterocycles. The molecule has 1 aromatic rings. The smallest absolute Gasteiger partial charge is 0.184 e. The summed E-state index contributed by atoms with van der Waals surface area (Å²) < 4.78 is 0.565. The van der Waals surface area contributed by atoms with Gasteiger partial charge < -0.3 is 0 Å². The van der Waals surface area contributed by atoms with E-state index in [1.807, 2.05) is 6.92 Å². The van der Waals surface area contributed by atoms with E-state index in [-0.39, 0.29) is 0 Å². The first-order valence-corrected chi connectivity index (χ1v) is 4.62. The van der Waals surface area contributed by atoms with E-state index in [1.165, 1.54) is 11.3 Å². The zero-order chi connectivity index (χ0) is 8.43. The molecule has 0 atom stereocenters. The summed E-state index contributed by atoms with van der Waals surface area (Å²) in [4.78, 5) is 5.14. The van der Waals surface area contributed by atoms with E-state index in [0.29, 0.717) is 15.9 Å². The Kier molecular flexibility index (Phi) is 2.93. The maximum Gasteiger partial charge on any atom is 0.184 e. The van der Waals surface area contributed by atoms with E-state index in [1.54, 1.807) is 0 Å². The molecule has 0 spiro atoms. The van der Waals surface area contributed by atoms with Crippen molar-refractivity contribution in [2.75, 3.05) is 0 Å². The van der Waals surface area contributed by atoms with Gasteiger partial charge in [0.1, 0.15) is 0 Å². The van der Waals surface area contributed by atoms with Gasteiger partial charge in [0.15, 0.2) is 4.47 Å². The van der Waals surface area contributed by atoms with Crippen molar-refractivity contribution in [2.45, 2.75) is 13.3 Å². The Morgan fingerprint density at radius 1 is 1.73 bits per heavy atom. The summed E-state index contributed by atoms with van der Waals surface area (Å²) >= 11 is 12.8. The van der Waals surface area contributed by atoms with Crippen molar-refractivity contribution in [1.82, 2.24) is 4.98 Å². The minimum absolute atomic E-state index is 0.565. The maximum absolute atomic E-state index is 5.68. The highest BCUT2D eigenvalue weighted by atomic mass is 35.5. The fourth-order valence-corrected chi connectivity index (χ4v) is 2.18. The zero-order valence-electron chi connectivity index (χ0n) is 6.03. The molecule has 0 aliphatic heterocycles. The lowest BCUT2D eigenvalue weighted by Gasteiger charge is -1.92. The molecule has 1 rings (SSSR count). The van der Waals surface area contributed by atoms with Crippen molar-refractivity contribution in [3.05, 3.63) is 26.6 Å². The molecular formula is C7H7Cl2NS. The van der Waals surface area contributed by atoms with Gasteiger partial charge in [-0.1, -0.05) is 29.8 Å². The molecule has 1 aromatic heterocycles. The molecule has 60 valence electrons. The molecule has 0 radical (unpaired) electrons. The second-order valence-electron chi connectivity index (χ2n) is 2.17. The third-order valence-corrected chi connectivity index (χ3v) is 2.61. The molecule has 4 heteroatoms. The molecule has 1 nitrogen and oxygen atoms in total. The van der Waals surface area contributed by atoms with Crippen molar-refractivity contribution in [1.29, 1.82) is 0 Å². The molecule has 0 amide bonds. The Hall–Kier alpha value is -0.0500. The van der Waals surface area contributed by atoms with Gasteiger partial charge in [0, 0.05) is 16.3 Å². The van der Waals surface area contributed by atoms with Crippen LogP contribution in [-0.2, 0) is 6.42 Å². The quantitative estimate of drug-likeness (QED) is 0.725. The fourth-order valence-electron chi connectivity index (χ4n) is 0.731. The molecule has 0 aliphatic rings. The highest BCUT2D eigenvalue weighted by Crippen LogP contribution is 2.24. The molecule has 0 aliphatic carbocycles. The Morgan fingerprint density at radius 2 is 2.36 bits per heavy atom. The van der Waals surface area contributed by atoms with Crippen LogP contribution < -0.4 is 0 Å². The number of hydrogen-bond donors (Lipinski definition) is 0. The summed E-state index contributed by atoms with van der Waals surface area (Å²) in [7, 11) is 0. The first-order valence-electron chi connectivity index (χ1n) is 3.04. The van der Waals surface area contributed by atoms with Crippen LogP contribution in [0.25, 0.3) is 0 Å². The molecular weight excluding hydrogens is 201 g/mol. The highest BCUT2D eigenvalue weighted by Gasteiger charge is 2.05. The predicted octanol–water partition coefficient (Wildman–Crippen LogP) is 3.40. The number of hydrogen-bond acceptors (Lipinski definition) is 2. The van der Waals surface area contributed by atoms with E-state index in [4.69, 9.17) is 23.2 Å².